The summed E-state index contributed by atoms with van der Waals surface area (Å²) in [4.78, 5) is 15.6. The Kier molecular flexibility index (Phi) is 8.20. The van der Waals surface area contributed by atoms with Crippen molar-refractivity contribution in [1.82, 2.24) is 24.1 Å². The van der Waals surface area contributed by atoms with Crippen LogP contribution in [-0.4, -0.2) is 24.1 Å². The summed E-state index contributed by atoms with van der Waals surface area (Å²) >= 11 is 0. The van der Waals surface area contributed by atoms with Crippen LogP contribution in [0.5, 0.6) is 0 Å². The molecule has 0 bridgehead atoms. The fraction of sp³-hybridized carbons (Fsp3) is 0.155. The Balaban J connectivity index is 1.14. The van der Waals surface area contributed by atoms with Gasteiger partial charge >= 0.3 is 0 Å². The van der Waals surface area contributed by atoms with Gasteiger partial charge in [-0.1, -0.05) is 174 Å². The topological polar surface area (TPSA) is 48.5 Å². The van der Waals surface area contributed by atoms with Gasteiger partial charge in [-0.05, 0) is 92.6 Å². The molecule has 3 aromatic heterocycles. The molecule has 1 aliphatic carbocycles. The zero-order chi connectivity index (χ0) is 42.6. The van der Waals surface area contributed by atoms with Crippen molar-refractivity contribution in [3.8, 4) is 45.5 Å². The second kappa shape index (κ2) is 13.8. The highest BCUT2D eigenvalue weighted by atomic mass is 15.2. The van der Waals surface area contributed by atoms with Crippen LogP contribution in [0.4, 0.5) is 0 Å². The lowest BCUT2D eigenvalue weighted by atomic mass is 9.58. The molecule has 0 aliphatic heterocycles. The minimum Gasteiger partial charge on any atom is -0.309 e. The van der Waals surface area contributed by atoms with Crippen molar-refractivity contribution >= 4 is 54.4 Å². The average Bonchev–Trinajstić information content (AvgIpc) is 3.82. The summed E-state index contributed by atoms with van der Waals surface area (Å²) in [6.45, 7) is 12.1. The van der Waals surface area contributed by atoms with Gasteiger partial charge in [-0.3, -0.25) is 4.57 Å². The van der Waals surface area contributed by atoms with E-state index in [4.69, 9.17) is 15.0 Å². The molecule has 1 atom stereocenters. The molecule has 0 fully saturated rings. The third-order valence-electron chi connectivity index (χ3n) is 14.3. The summed E-state index contributed by atoms with van der Waals surface area (Å²) in [5.74, 6) is 2.42. The first-order valence-corrected chi connectivity index (χ1v) is 22.2. The highest BCUT2D eigenvalue weighted by Gasteiger charge is 2.42. The summed E-state index contributed by atoms with van der Waals surface area (Å²) in [6.07, 6.45) is 1.19. The van der Waals surface area contributed by atoms with E-state index in [0.29, 0.717) is 23.5 Å². The first-order chi connectivity index (χ1) is 30.6. The molecule has 0 saturated carbocycles. The van der Waals surface area contributed by atoms with E-state index in [1.165, 1.54) is 55.6 Å². The Morgan fingerprint density at radius 3 is 1.83 bits per heavy atom. The second-order valence-electron chi connectivity index (χ2n) is 18.8. The lowest BCUT2D eigenvalue weighted by Crippen LogP contribution is -2.40. The molecular weight excluding hydrogens is 767 g/mol. The molecule has 0 saturated heterocycles. The van der Waals surface area contributed by atoms with Gasteiger partial charge in [-0.25, -0.2) is 4.98 Å². The number of rotatable bonds is 5. The molecule has 304 valence electrons. The Hall–Kier alpha value is -7.37. The van der Waals surface area contributed by atoms with Gasteiger partial charge in [-0.15, -0.1) is 0 Å². The van der Waals surface area contributed by atoms with Crippen LogP contribution in [0, 0.1) is 5.92 Å². The lowest BCUT2D eigenvalue weighted by molar-refractivity contribution is 0.233. The quantitative estimate of drug-likeness (QED) is 0.174. The second-order valence-corrected chi connectivity index (χ2v) is 18.8. The maximum absolute atomic E-state index is 5.29. The first kappa shape index (κ1) is 37.4. The van der Waals surface area contributed by atoms with Crippen LogP contribution in [0.2, 0.25) is 0 Å². The number of aromatic nitrogens is 5. The van der Waals surface area contributed by atoms with Crippen molar-refractivity contribution < 1.29 is 0 Å². The predicted octanol–water partition coefficient (Wildman–Crippen LogP) is 14.8. The van der Waals surface area contributed by atoms with Crippen molar-refractivity contribution in [3.05, 3.63) is 187 Å². The third-order valence-corrected chi connectivity index (χ3v) is 14.3. The normalized spacial score (nSPS) is 15.7. The first-order valence-electron chi connectivity index (χ1n) is 22.2. The van der Waals surface area contributed by atoms with Crippen molar-refractivity contribution in [3.63, 3.8) is 0 Å². The summed E-state index contributed by atoms with van der Waals surface area (Å²) in [7, 11) is 0. The summed E-state index contributed by atoms with van der Waals surface area (Å²) < 4.78 is 4.70. The van der Waals surface area contributed by atoms with Crippen molar-refractivity contribution in [1.29, 1.82) is 0 Å². The largest absolute Gasteiger partial charge is 0.309 e. The number of fused-ring (bicyclic) bond motifs is 9. The number of para-hydroxylation sites is 1. The van der Waals surface area contributed by atoms with E-state index in [1.807, 2.05) is 36.4 Å². The SMILES string of the molecule is CC1CC(C)(C)c2ccc(-c3cccc(-n4c5ccccc5c5cc6c7c8ccccc8ccc7n(-c7nc(-c8ccccc8)nc(-c8ccccc8)n7)c6cc54)c3)cc2C1(C)C. The molecule has 0 N–H and O–H groups in total. The smallest absolute Gasteiger partial charge is 0.238 e. The van der Waals surface area contributed by atoms with Crippen LogP contribution in [0.25, 0.3) is 99.9 Å². The maximum Gasteiger partial charge on any atom is 0.238 e. The Bertz CT molecular complexity index is 3550. The highest BCUT2D eigenvalue weighted by Crippen LogP contribution is 2.50. The molecular formula is C58H47N5. The van der Waals surface area contributed by atoms with Crippen molar-refractivity contribution in [2.24, 2.45) is 5.92 Å². The molecule has 1 unspecified atom stereocenters. The van der Waals surface area contributed by atoms with E-state index in [-0.39, 0.29) is 10.8 Å². The standard InChI is InChI=1S/C58H47N5/c1-36-35-57(2,3)47-29-27-41(32-48(47)58(36,4)5)40-22-16-23-42(31-40)62-49-26-15-14-25-44(49)45-33-46-52(34-51(45)62)63(50-30-28-37-17-12-13-24-43(37)53(46)50)56-60-54(38-18-8-6-9-19-38)59-55(61-56)39-20-10-7-11-21-39/h6-34,36H,35H2,1-5H3. The van der Waals surface area contributed by atoms with E-state index >= 15 is 0 Å². The molecule has 1 aliphatic rings. The molecule has 8 aromatic carbocycles. The molecule has 5 nitrogen and oxygen atoms in total. The monoisotopic (exact) mass is 813 g/mol. The fourth-order valence-corrected chi connectivity index (χ4v) is 10.7. The Morgan fingerprint density at radius 2 is 1.08 bits per heavy atom. The van der Waals surface area contributed by atoms with E-state index in [2.05, 4.69) is 183 Å². The Morgan fingerprint density at radius 1 is 0.444 bits per heavy atom. The van der Waals surface area contributed by atoms with Gasteiger partial charge in [0.2, 0.25) is 5.95 Å². The number of hydrogen-bond donors (Lipinski definition) is 0. The zero-order valence-electron chi connectivity index (χ0n) is 36.3. The average molecular weight is 814 g/mol. The molecule has 3 heterocycles. The summed E-state index contributed by atoms with van der Waals surface area (Å²) in [5, 5.41) is 7.14. The van der Waals surface area contributed by atoms with Crippen LogP contribution < -0.4 is 0 Å². The molecule has 0 amide bonds. The van der Waals surface area contributed by atoms with Crippen LogP contribution in [-0.2, 0) is 10.8 Å². The van der Waals surface area contributed by atoms with E-state index < -0.39 is 0 Å². The zero-order valence-corrected chi connectivity index (χ0v) is 36.3. The van der Waals surface area contributed by atoms with E-state index in [0.717, 1.165) is 44.3 Å². The van der Waals surface area contributed by atoms with Gasteiger partial charge in [0, 0.05) is 38.4 Å². The van der Waals surface area contributed by atoms with Gasteiger partial charge in [0.1, 0.15) is 0 Å². The summed E-state index contributed by atoms with van der Waals surface area (Å²) in [6, 6.07) is 63.5. The molecule has 0 spiro atoms. The van der Waals surface area contributed by atoms with E-state index in [9.17, 15) is 0 Å². The third kappa shape index (κ3) is 5.79. The number of nitrogens with zero attached hydrogens (tertiary/aromatic N) is 5. The minimum atomic E-state index is 0.0860. The van der Waals surface area contributed by atoms with E-state index in [1.54, 1.807) is 0 Å². The van der Waals surface area contributed by atoms with Crippen LogP contribution in [0.15, 0.2) is 176 Å². The van der Waals surface area contributed by atoms with Gasteiger partial charge in [0.05, 0.1) is 22.1 Å². The molecule has 12 rings (SSSR count). The Labute approximate surface area is 367 Å². The van der Waals surface area contributed by atoms with Gasteiger partial charge in [0.15, 0.2) is 11.6 Å². The maximum atomic E-state index is 5.29. The van der Waals surface area contributed by atoms with Crippen molar-refractivity contribution in [2.45, 2.75) is 51.9 Å². The molecule has 11 aromatic rings. The van der Waals surface area contributed by atoms with Gasteiger partial charge < -0.3 is 4.57 Å². The van der Waals surface area contributed by atoms with Gasteiger partial charge in [-0.2, -0.15) is 9.97 Å². The number of hydrogen-bond acceptors (Lipinski definition) is 3. The molecule has 5 heteroatoms. The molecule has 0 radical (unpaired) electrons. The van der Waals surface area contributed by atoms with Gasteiger partial charge in [0.25, 0.3) is 0 Å². The number of benzene rings is 8. The lowest BCUT2D eigenvalue weighted by Gasteiger charge is -2.46. The fourth-order valence-electron chi connectivity index (χ4n) is 10.7. The predicted molar refractivity (Wildman–Crippen MR) is 262 cm³/mol. The van der Waals surface area contributed by atoms with Crippen LogP contribution >= 0.6 is 0 Å². The van der Waals surface area contributed by atoms with Crippen molar-refractivity contribution in [2.75, 3.05) is 0 Å². The minimum absolute atomic E-state index is 0.0860. The van der Waals surface area contributed by atoms with Crippen LogP contribution in [0.3, 0.4) is 0 Å². The molecule has 63 heavy (non-hydrogen) atoms. The highest BCUT2D eigenvalue weighted by molar-refractivity contribution is 6.25. The summed E-state index contributed by atoms with van der Waals surface area (Å²) in [5.41, 5.74) is 13.0. The van der Waals surface area contributed by atoms with Crippen LogP contribution in [0.1, 0.15) is 52.2 Å².